The molecule has 2 nitrogen and oxygen atoms in total. The van der Waals surface area contributed by atoms with E-state index >= 15 is 0 Å². The minimum absolute atomic E-state index is 0.305. The normalized spacial score (nSPS) is 12.6. The van der Waals surface area contributed by atoms with Crippen LogP contribution in [0.3, 0.4) is 0 Å². The van der Waals surface area contributed by atoms with Crippen molar-refractivity contribution in [3.63, 3.8) is 0 Å². The van der Waals surface area contributed by atoms with Crippen LogP contribution in [0.1, 0.15) is 0 Å². The van der Waals surface area contributed by atoms with E-state index in [4.69, 9.17) is 4.74 Å². The molecule has 0 aliphatic heterocycles. The van der Waals surface area contributed by atoms with Crippen molar-refractivity contribution in [2.75, 3.05) is 11.9 Å². The van der Waals surface area contributed by atoms with Gasteiger partial charge in [0.25, 0.3) is 0 Å². The molecular formula is C13H13BrO2. The summed E-state index contributed by atoms with van der Waals surface area (Å²) in [5.41, 5.74) is 0. The first-order valence-corrected chi connectivity index (χ1v) is 6.28. The number of ether oxygens (including phenoxy) is 1. The van der Waals surface area contributed by atoms with E-state index < -0.39 is 6.10 Å². The second-order valence-electron chi connectivity index (χ2n) is 3.60. The molecule has 0 aromatic heterocycles. The van der Waals surface area contributed by atoms with Crippen LogP contribution >= 0.6 is 15.9 Å². The molecule has 0 unspecified atom stereocenters. The molecule has 1 N–H and O–H groups in total. The lowest BCUT2D eigenvalue weighted by atomic mass is 10.1. The summed E-state index contributed by atoms with van der Waals surface area (Å²) in [6.45, 7) is 0.305. The Labute approximate surface area is 103 Å². The molecule has 0 aliphatic rings. The van der Waals surface area contributed by atoms with Crippen LogP contribution in [0.5, 0.6) is 5.75 Å². The van der Waals surface area contributed by atoms with Crippen molar-refractivity contribution in [3.05, 3.63) is 42.5 Å². The molecule has 0 heterocycles. The van der Waals surface area contributed by atoms with Gasteiger partial charge in [0.15, 0.2) is 0 Å². The van der Waals surface area contributed by atoms with Crippen LogP contribution in [0.4, 0.5) is 0 Å². The summed E-state index contributed by atoms with van der Waals surface area (Å²) in [7, 11) is 0. The average molecular weight is 281 g/mol. The molecular weight excluding hydrogens is 268 g/mol. The molecule has 0 amide bonds. The van der Waals surface area contributed by atoms with Gasteiger partial charge in [0, 0.05) is 10.7 Å². The van der Waals surface area contributed by atoms with Gasteiger partial charge in [0.1, 0.15) is 12.4 Å². The van der Waals surface area contributed by atoms with Crippen molar-refractivity contribution in [3.8, 4) is 5.75 Å². The van der Waals surface area contributed by atoms with Gasteiger partial charge in [-0.25, -0.2) is 0 Å². The summed E-state index contributed by atoms with van der Waals surface area (Å²) >= 11 is 3.21. The van der Waals surface area contributed by atoms with Crippen LogP contribution < -0.4 is 4.74 Å². The van der Waals surface area contributed by atoms with Gasteiger partial charge in [-0.1, -0.05) is 52.3 Å². The van der Waals surface area contributed by atoms with Crippen LogP contribution in [0.15, 0.2) is 42.5 Å². The average Bonchev–Trinajstić information content (AvgIpc) is 2.35. The number of hydrogen-bond donors (Lipinski definition) is 1. The summed E-state index contributed by atoms with van der Waals surface area (Å²) in [6, 6.07) is 14.0. The zero-order chi connectivity index (χ0) is 11.4. The van der Waals surface area contributed by atoms with Crippen molar-refractivity contribution in [2.45, 2.75) is 6.10 Å². The molecule has 0 spiro atoms. The van der Waals surface area contributed by atoms with Gasteiger partial charge in [0.05, 0.1) is 6.10 Å². The van der Waals surface area contributed by atoms with Gasteiger partial charge in [0.2, 0.25) is 0 Å². The Morgan fingerprint density at radius 3 is 2.69 bits per heavy atom. The van der Waals surface area contributed by atoms with Crippen molar-refractivity contribution in [2.24, 2.45) is 0 Å². The summed E-state index contributed by atoms with van der Waals surface area (Å²) in [4.78, 5) is 0. The minimum atomic E-state index is -0.473. The predicted molar refractivity (Wildman–Crippen MR) is 69.2 cm³/mol. The maximum atomic E-state index is 9.42. The van der Waals surface area contributed by atoms with Crippen molar-refractivity contribution >= 4 is 26.7 Å². The maximum absolute atomic E-state index is 9.42. The molecule has 0 saturated heterocycles. The Balaban J connectivity index is 2.23. The standard InChI is InChI=1S/C13H13BrO2/c14-8-11(15)9-16-13-7-3-5-10-4-1-2-6-12(10)13/h1-7,11,15H,8-9H2/t11-/m1/s1. The zero-order valence-electron chi connectivity index (χ0n) is 8.77. The number of alkyl halides is 1. The van der Waals surface area contributed by atoms with Gasteiger partial charge in [-0.2, -0.15) is 0 Å². The fraction of sp³-hybridized carbons (Fsp3) is 0.231. The zero-order valence-corrected chi connectivity index (χ0v) is 10.4. The highest BCUT2D eigenvalue weighted by atomic mass is 79.9. The number of hydrogen-bond acceptors (Lipinski definition) is 2. The number of aliphatic hydroxyl groups is 1. The molecule has 16 heavy (non-hydrogen) atoms. The second kappa shape index (κ2) is 5.32. The number of fused-ring (bicyclic) bond motifs is 1. The van der Waals surface area contributed by atoms with E-state index in [-0.39, 0.29) is 0 Å². The number of aliphatic hydroxyl groups excluding tert-OH is 1. The fourth-order valence-electron chi connectivity index (χ4n) is 1.55. The molecule has 2 aromatic rings. The Hall–Kier alpha value is -1.06. The predicted octanol–water partition coefficient (Wildman–Crippen LogP) is 2.97. The smallest absolute Gasteiger partial charge is 0.127 e. The highest BCUT2D eigenvalue weighted by Crippen LogP contribution is 2.25. The van der Waals surface area contributed by atoms with E-state index in [2.05, 4.69) is 15.9 Å². The lowest BCUT2D eigenvalue weighted by Crippen LogP contribution is -2.18. The summed E-state index contributed by atoms with van der Waals surface area (Å²) in [5, 5.41) is 12.2. The molecule has 84 valence electrons. The molecule has 2 aromatic carbocycles. The van der Waals surface area contributed by atoms with Crippen molar-refractivity contribution < 1.29 is 9.84 Å². The molecule has 0 saturated carbocycles. The van der Waals surface area contributed by atoms with E-state index in [9.17, 15) is 5.11 Å². The first-order chi connectivity index (χ1) is 7.81. The number of rotatable bonds is 4. The quantitative estimate of drug-likeness (QED) is 0.873. The Kier molecular flexibility index (Phi) is 3.80. The van der Waals surface area contributed by atoms with Gasteiger partial charge < -0.3 is 9.84 Å². The van der Waals surface area contributed by atoms with E-state index in [1.54, 1.807) is 0 Å². The largest absolute Gasteiger partial charge is 0.490 e. The third-order valence-corrected chi connectivity index (χ3v) is 3.11. The molecule has 2 rings (SSSR count). The van der Waals surface area contributed by atoms with Crippen LogP contribution in [-0.4, -0.2) is 23.1 Å². The summed E-state index contributed by atoms with van der Waals surface area (Å²) in [5.74, 6) is 0.818. The highest BCUT2D eigenvalue weighted by Gasteiger charge is 2.05. The topological polar surface area (TPSA) is 29.5 Å². The van der Waals surface area contributed by atoms with Crippen molar-refractivity contribution in [1.29, 1.82) is 0 Å². The maximum Gasteiger partial charge on any atom is 0.127 e. The Bertz CT molecular complexity index is 465. The number of benzene rings is 2. The molecule has 0 fully saturated rings. The lowest BCUT2D eigenvalue weighted by Gasteiger charge is -2.11. The molecule has 3 heteroatoms. The molecule has 0 bridgehead atoms. The minimum Gasteiger partial charge on any atom is -0.490 e. The van der Waals surface area contributed by atoms with Gasteiger partial charge in [-0.05, 0) is 11.5 Å². The van der Waals surface area contributed by atoms with Crippen LogP contribution in [-0.2, 0) is 0 Å². The van der Waals surface area contributed by atoms with Crippen LogP contribution in [0.2, 0.25) is 0 Å². The van der Waals surface area contributed by atoms with E-state index in [1.807, 2.05) is 42.5 Å². The lowest BCUT2D eigenvalue weighted by molar-refractivity contribution is 0.128. The number of halogens is 1. The molecule has 1 atom stereocenters. The van der Waals surface area contributed by atoms with E-state index in [0.29, 0.717) is 11.9 Å². The summed E-state index contributed by atoms with van der Waals surface area (Å²) in [6.07, 6.45) is -0.473. The highest BCUT2D eigenvalue weighted by molar-refractivity contribution is 9.09. The Morgan fingerprint density at radius 2 is 1.88 bits per heavy atom. The van der Waals surface area contributed by atoms with Crippen molar-refractivity contribution in [1.82, 2.24) is 0 Å². The van der Waals surface area contributed by atoms with Gasteiger partial charge in [-0.3, -0.25) is 0 Å². The summed E-state index contributed by atoms with van der Waals surface area (Å²) < 4.78 is 5.59. The SMILES string of the molecule is O[C@H](CBr)COc1cccc2ccccc12. The van der Waals surface area contributed by atoms with E-state index in [1.165, 1.54) is 0 Å². The van der Waals surface area contributed by atoms with E-state index in [0.717, 1.165) is 16.5 Å². The fourth-order valence-corrected chi connectivity index (χ4v) is 1.74. The third-order valence-electron chi connectivity index (χ3n) is 2.36. The Morgan fingerprint density at radius 1 is 1.12 bits per heavy atom. The first-order valence-electron chi connectivity index (χ1n) is 5.16. The third kappa shape index (κ3) is 2.54. The van der Waals surface area contributed by atoms with Gasteiger partial charge in [-0.15, -0.1) is 0 Å². The monoisotopic (exact) mass is 280 g/mol. The van der Waals surface area contributed by atoms with Crippen LogP contribution in [0.25, 0.3) is 10.8 Å². The second-order valence-corrected chi connectivity index (χ2v) is 4.24. The molecule has 0 aliphatic carbocycles. The first kappa shape index (κ1) is 11.4. The van der Waals surface area contributed by atoms with Gasteiger partial charge >= 0.3 is 0 Å². The van der Waals surface area contributed by atoms with Crippen LogP contribution in [0, 0.1) is 0 Å². The molecule has 0 radical (unpaired) electrons.